The van der Waals surface area contributed by atoms with Crippen molar-refractivity contribution in [3.63, 3.8) is 0 Å². The van der Waals surface area contributed by atoms with Crippen LogP contribution in [0.3, 0.4) is 0 Å². The third-order valence-corrected chi connectivity index (χ3v) is 3.14. The molecule has 0 saturated carbocycles. The van der Waals surface area contributed by atoms with Crippen molar-refractivity contribution in [1.82, 2.24) is 0 Å². The molecule has 0 aliphatic rings. The molecule has 1 N–H and O–H groups in total. The number of carbonyl (C=O) groups excluding carboxylic acids is 1. The molecule has 0 heterocycles. The maximum atomic E-state index is 11.3. The third kappa shape index (κ3) is 2.25. The Hall–Kier alpha value is -2.16. The summed E-state index contributed by atoms with van der Waals surface area (Å²) in [5, 5.41) is 10.9. The van der Waals surface area contributed by atoms with Gasteiger partial charge in [0.05, 0.1) is 5.92 Å². The van der Waals surface area contributed by atoms with Crippen LogP contribution in [0.1, 0.15) is 35.7 Å². The molecule has 92 valence electrons. The van der Waals surface area contributed by atoms with Gasteiger partial charge in [-0.2, -0.15) is 0 Å². The Balaban J connectivity index is 2.50. The highest BCUT2D eigenvalue weighted by molar-refractivity contribution is 5.98. The first-order chi connectivity index (χ1) is 8.49. The lowest BCUT2D eigenvalue weighted by Crippen LogP contribution is -2.07. The molecule has 3 heteroatoms. The third-order valence-electron chi connectivity index (χ3n) is 3.14. The van der Waals surface area contributed by atoms with E-state index < -0.39 is 11.9 Å². The molecule has 0 spiro atoms. The van der Waals surface area contributed by atoms with E-state index in [1.54, 1.807) is 19.1 Å². The average Bonchev–Trinajstić information content (AvgIpc) is 2.36. The van der Waals surface area contributed by atoms with Gasteiger partial charge in [0.1, 0.15) is 0 Å². The number of carboxylic acid groups (broad SMARTS) is 1. The van der Waals surface area contributed by atoms with Crippen molar-refractivity contribution in [3.8, 4) is 0 Å². The van der Waals surface area contributed by atoms with Gasteiger partial charge in [-0.3, -0.25) is 9.59 Å². The van der Waals surface area contributed by atoms with E-state index >= 15 is 0 Å². The van der Waals surface area contributed by atoms with Crippen LogP contribution in [0.15, 0.2) is 36.4 Å². The Morgan fingerprint density at radius 1 is 1.06 bits per heavy atom. The fraction of sp³-hybridized carbons (Fsp3) is 0.200. The van der Waals surface area contributed by atoms with E-state index in [0.29, 0.717) is 5.56 Å². The SMILES string of the molecule is CC(=O)c1ccc2cc(C(C)C(=O)O)ccc2c1. The number of Topliss-reactive ketones (excluding diaryl/α,β-unsaturated/α-hetero) is 1. The Labute approximate surface area is 105 Å². The first-order valence-corrected chi connectivity index (χ1v) is 5.76. The number of aliphatic carboxylic acids is 1. The summed E-state index contributed by atoms with van der Waals surface area (Å²) in [4.78, 5) is 22.2. The van der Waals surface area contributed by atoms with Crippen LogP contribution in [0.2, 0.25) is 0 Å². The lowest BCUT2D eigenvalue weighted by Gasteiger charge is -2.08. The van der Waals surface area contributed by atoms with E-state index in [2.05, 4.69) is 0 Å². The van der Waals surface area contributed by atoms with Crippen molar-refractivity contribution in [2.24, 2.45) is 0 Å². The highest BCUT2D eigenvalue weighted by Gasteiger charge is 2.13. The summed E-state index contributed by atoms with van der Waals surface area (Å²) >= 11 is 0. The molecule has 2 aromatic rings. The second-order valence-electron chi connectivity index (χ2n) is 4.44. The summed E-state index contributed by atoms with van der Waals surface area (Å²) in [6, 6.07) is 11.0. The summed E-state index contributed by atoms with van der Waals surface area (Å²) in [6.45, 7) is 3.19. The fourth-order valence-electron chi connectivity index (χ4n) is 1.90. The van der Waals surface area contributed by atoms with Crippen molar-refractivity contribution in [1.29, 1.82) is 0 Å². The molecule has 0 radical (unpaired) electrons. The molecular weight excluding hydrogens is 228 g/mol. The number of carbonyl (C=O) groups is 2. The Kier molecular flexibility index (Phi) is 3.15. The predicted octanol–water partition coefficient (Wildman–Crippen LogP) is 3.23. The highest BCUT2D eigenvalue weighted by Crippen LogP contribution is 2.23. The molecule has 0 fully saturated rings. The number of ketones is 1. The van der Waals surface area contributed by atoms with Crippen LogP contribution >= 0.6 is 0 Å². The number of carboxylic acids is 1. The number of benzene rings is 2. The molecule has 0 aliphatic carbocycles. The van der Waals surface area contributed by atoms with Crippen molar-refractivity contribution in [3.05, 3.63) is 47.5 Å². The van der Waals surface area contributed by atoms with Gasteiger partial charge >= 0.3 is 5.97 Å². The van der Waals surface area contributed by atoms with Gasteiger partial charge in [0.25, 0.3) is 0 Å². The van der Waals surface area contributed by atoms with Gasteiger partial charge in [-0.05, 0) is 36.2 Å². The Bertz CT molecular complexity index is 629. The summed E-state index contributed by atoms with van der Waals surface area (Å²) in [5.74, 6) is -1.34. The monoisotopic (exact) mass is 242 g/mol. The van der Waals surface area contributed by atoms with E-state index in [4.69, 9.17) is 5.11 Å². The van der Waals surface area contributed by atoms with Gasteiger partial charge in [-0.25, -0.2) is 0 Å². The van der Waals surface area contributed by atoms with Crippen molar-refractivity contribution in [2.45, 2.75) is 19.8 Å². The molecule has 2 aromatic carbocycles. The predicted molar refractivity (Wildman–Crippen MR) is 70.0 cm³/mol. The lowest BCUT2D eigenvalue weighted by molar-refractivity contribution is -0.138. The zero-order chi connectivity index (χ0) is 13.3. The van der Waals surface area contributed by atoms with Gasteiger partial charge in [0.15, 0.2) is 5.78 Å². The van der Waals surface area contributed by atoms with Crippen LogP contribution in [-0.2, 0) is 4.79 Å². The summed E-state index contributed by atoms with van der Waals surface area (Å²) < 4.78 is 0. The van der Waals surface area contributed by atoms with Crippen molar-refractivity contribution in [2.75, 3.05) is 0 Å². The topological polar surface area (TPSA) is 54.4 Å². The van der Waals surface area contributed by atoms with Crippen LogP contribution in [0.4, 0.5) is 0 Å². The van der Waals surface area contributed by atoms with Crippen LogP contribution < -0.4 is 0 Å². The summed E-state index contributed by atoms with van der Waals surface area (Å²) in [7, 11) is 0. The first-order valence-electron chi connectivity index (χ1n) is 5.76. The quantitative estimate of drug-likeness (QED) is 0.841. The smallest absolute Gasteiger partial charge is 0.310 e. The van der Waals surface area contributed by atoms with E-state index in [9.17, 15) is 9.59 Å². The summed E-state index contributed by atoms with van der Waals surface area (Å²) in [5.41, 5.74) is 1.44. The molecule has 0 saturated heterocycles. The Morgan fingerprint density at radius 3 is 2.28 bits per heavy atom. The zero-order valence-corrected chi connectivity index (χ0v) is 10.3. The van der Waals surface area contributed by atoms with Gasteiger partial charge in [0, 0.05) is 5.56 Å². The lowest BCUT2D eigenvalue weighted by atomic mass is 9.96. The number of hydrogen-bond donors (Lipinski definition) is 1. The highest BCUT2D eigenvalue weighted by atomic mass is 16.4. The standard InChI is InChI=1S/C15H14O3/c1-9(15(17)18)11-3-5-14-8-12(10(2)16)4-6-13(14)7-11/h3-9H,1-2H3,(H,17,18). The van der Waals surface area contributed by atoms with Gasteiger partial charge in [0.2, 0.25) is 0 Å². The van der Waals surface area contributed by atoms with Crippen LogP contribution in [0.5, 0.6) is 0 Å². The minimum atomic E-state index is -0.838. The zero-order valence-electron chi connectivity index (χ0n) is 10.3. The van der Waals surface area contributed by atoms with Gasteiger partial charge in [-0.15, -0.1) is 0 Å². The largest absolute Gasteiger partial charge is 0.481 e. The van der Waals surface area contributed by atoms with E-state index in [1.165, 1.54) is 6.92 Å². The molecule has 0 bridgehead atoms. The second-order valence-corrected chi connectivity index (χ2v) is 4.44. The van der Waals surface area contributed by atoms with Crippen molar-refractivity contribution >= 4 is 22.5 Å². The maximum absolute atomic E-state index is 11.3. The van der Waals surface area contributed by atoms with E-state index in [-0.39, 0.29) is 5.78 Å². The second kappa shape index (κ2) is 4.61. The van der Waals surface area contributed by atoms with Crippen LogP contribution in [0, 0.1) is 0 Å². The maximum Gasteiger partial charge on any atom is 0.310 e. The molecule has 3 nitrogen and oxygen atoms in total. The van der Waals surface area contributed by atoms with Crippen LogP contribution in [0.25, 0.3) is 10.8 Å². The molecule has 0 aromatic heterocycles. The minimum Gasteiger partial charge on any atom is -0.481 e. The molecule has 1 unspecified atom stereocenters. The normalized spacial score (nSPS) is 12.3. The van der Waals surface area contributed by atoms with Crippen LogP contribution in [-0.4, -0.2) is 16.9 Å². The van der Waals surface area contributed by atoms with E-state index in [0.717, 1.165) is 16.3 Å². The number of rotatable bonds is 3. The molecule has 2 rings (SSSR count). The molecule has 1 atom stereocenters. The minimum absolute atomic E-state index is 0.0277. The van der Waals surface area contributed by atoms with Gasteiger partial charge in [-0.1, -0.05) is 30.3 Å². The molecule has 0 aliphatic heterocycles. The van der Waals surface area contributed by atoms with Crippen molar-refractivity contribution < 1.29 is 14.7 Å². The van der Waals surface area contributed by atoms with Gasteiger partial charge < -0.3 is 5.11 Å². The average molecular weight is 242 g/mol. The number of fused-ring (bicyclic) bond motifs is 1. The van der Waals surface area contributed by atoms with E-state index in [1.807, 2.05) is 24.3 Å². The summed E-state index contributed by atoms with van der Waals surface area (Å²) in [6.07, 6.45) is 0. The fourth-order valence-corrected chi connectivity index (χ4v) is 1.90. The molecule has 18 heavy (non-hydrogen) atoms. The number of hydrogen-bond acceptors (Lipinski definition) is 2. The molecule has 0 amide bonds. The first kappa shape index (κ1) is 12.3. The Morgan fingerprint density at radius 2 is 1.67 bits per heavy atom. The molecular formula is C15H14O3.